The summed E-state index contributed by atoms with van der Waals surface area (Å²) in [7, 11) is 0. The van der Waals surface area contributed by atoms with E-state index in [1.165, 1.54) is 0 Å². The highest BCUT2D eigenvalue weighted by atomic mass is 16.5. The van der Waals surface area contributed by atoms with Crippen molar-refractivity contribution in [2.45, 2.75) is 44.8 Å². The van der Waals surface area contributed by atoms with Crippen molar-refractivity contribution < 1.29 is 24.5 Å². The van der Waals surface area contributed by atoms with E-state index in [0.717, 1.165) is 6.08 Å². The largest absolute Gasteiger partial charge is 0.478 e. The second-order valence-electron chi connectivity index (χ2n) is 6.30. The monoisotopic (exact) mass is 280 g/mol. The quantitative estimate of drug-likeness (QED) is 0.604. The molecular formula is C15H20O5. The number of hydrogen-bond acceptors (Lipinski definition) is 4. The Morgan fingerprint density at radius 2 is 2.00 bits per heavy atom. The zero-order valence-corrected chi connectivity index (χ0v) is 12.0. The molecule has 110 valence electrons. The lowest BCUT2D eigenvalue weighted by molar-refractivity contribution is -0.151. The van der Waals surface area contributed by atoms with Crippen LogP contribution in [0.4, 0.5) is 0 Å². The first-order chi connectivity index (χ1) is 9.12. The number of aliphatic carboxylic acids is 1. The third-order valence-corrected chi connectivity index (χ3v) is 4.50. The summed E-state index contributed by atoms with van der Waals surface area (Å²) in [5.41, 5.74) is -2.37. The van der Waals surface area contributed by atoms with Gasteiger partial charge in [-0.05, 0) is 25.5 Å². The van der Waals surface area contributed by atoms with Gasteiger partial charge < -0.3 is 14.9 Å². The normalized spacial score (nSPS) is 41.4. The van der Waals surface area contributed by atoms with Crippen molar-refractivity contribution in [2.75, 3.05) is 6.61 Å². The van der Waals surface area contributed by atoms with E-state index in [4.69, 9.17) is 9.84 Å². The molecule has 5 heteroatoms. The lowest BCUT2D eigenvalue weighted by atomic mass is 9.59. The molecule has 2 rings (SSSR count). The van der Waals surface area contributed by atoms with Crippen LogP contribution >= 0.6 is 0 Å². The molecule has 1 saturated carbocycles. The lowest BCUT2D eigenvalue weighted by Gasteiger charge is -2.47. The van der Waals surface area contributed by atoms with Crippen LogP contribution in [0.5, 0.6) is 0 Å². The molecule has 20 heavy (non-hydrogen) atoms. The Morgan fingerprint density at radius 3 is 2.55 bits per heavy atom. The van der Waals surface area contributed by atoms with E-state index in [1.807, 2.05) is 6.92 Å². The van der Waals surface area contributed by atoms with Gasteiger partial charge in [-0.1, -0.05) is 13.0 Å². The van der Waals surface area contributed by atoms with Crippen molar-refractivity contribution in [1.29, 1.82) is 0 Å². The average molecular weight is 280 g/mol. The molecule has 2 N–H and O–H groups in total. The zero-order valence-electron chi connectivity index (χ0n) is 12.0. The van der Waals surface area contributed by atoms with Crippen LogP contribution in [0.2, 0.25) is 0 Å². The number of carbonyl (C=O) groups is 2. The smallest absolute Gasteiger partial charge is 0.328 e. The minimum atomic E-state index is -1.28. The van der Waals surface area contributed by atoms with Gasteiger partial charge in [-0.25, -0.2) is 4.79 Å². The van der Waals surface area contributed by atoms with Crippen LogP contribution in [0.1, 0.15) is 33.6 Å². The molecule has 0 spiro atoms. The van der Waals surface area contributed by atoms with Crippen LogP contribution in [-0.4, -0.2) is 39.8 Å². The Balaban J connectivity index is 2.36. The molecule has 0 aromatic carbocycles. The van der Waals surface area contributed by atoms with E-state index >= 15 is 0 Å². The summed E-state index contributed by atoms with van der Waals surface area (Å²) < 4.78 is 5.71. The maximum atomic E-state index is 11.8. The molecule has 0 aromatic heterocycles. The van der Waals surface area contributed by atoms with Crippen molar-refractivity contribution in [2.24, 2.45) is 5.41 Å². The SMILES string of the molecule is CC(=C/C(=O)O)/C=C/[C@]1(O)[C@]2(C)CO[C@]1(C)CC(=O)C2. The van der Waals surface area contributed by atoms with Gasteiger partial charge in [-0.3, -0.25) is 4.79 Å². The standard InChI is InChI=1S/C15H20O5/c1-10(6-12(17)18)4-5-15(19)13(2)7-11(16)8-14(15,3)20-9-13/h4-6,19H,7-9H2,1-3H3,(H,17,18)/b5-4+,10-6-/t13-,14+,15-/m0/s1. The van der Waals surface area contributed by atoms with Gasteiger partial charge in [0.05, 0.1) is 6.61 Å². The summed E-state index contributed by atoms with van der Waals surface area (Å²) in [5, 5.41) is 19.7. The number of allylic oxidation sites excluding steroid dienone is 2. The maximum absolute atomic E-state index is 11.8. The molecule has 1 aliphatic heterocycles. The minimum Gasteiger partial charge on any atom is -0.478 e. The van der Waals surface area contributed by atoms with E-state index in [-0.39, 0.29) is 18.6 Å². The number of fused-ring (bicyclic) bond motifs is 2. The van der Waals surface area contributed by atoms with Gasteiger partial charge in [0.2, 0.25) is 0 Å². The van der Waals surface area contributed by atoms with Crippen molar-refractivity contribution in [3.05, 3.63) is 23.8 Å². The fourth-order valence-corrected chi connectivity index (χ4v) is 3.29. The Kier molecular flexibility index (Phi) is 3.38. The molecule has 1 saturated heterocycles. The highest BCUT2D eigenvalue weighted by Crippen LogP contribution is 2.56. The van der Waals surface area contributed by atoms with Crippen LogP contribution in [0.15, 0.2) is 23.8 Å². The molecule has 0 unspecified atom stereocenters. The van der Waals surface area contributed by atoms with Gasteiger partial charge in [-0.15, -0.1) is 0 Å². The van der Waals surface area contributed by atoms with Crippen molar-refractivity contribution >= 4 is 11.8 Å². The first-order valence-corrected chi connectivity index (χ1v) is 6.60. The summed E-state index contributed by atoms with van der Waals surface area (Å²) in [6, 6.07) is 0. The molecule has 2 fully saturated rings. The Bertz CT molecular complexity index is 496. The number of ketones is 1. The molecule has 5 nitrogen and oxygen atoms in total. The maximum Gasteiger partial charge on any atom is 0.328 e. The van der Waals surface area contributed by atoms with Crippen LogP contribution < -0.4 is 0 Å². The number of aliphatic hydroxyl groups is 1. The highest BCUT2D eigenvalue weighted by molar-refractivity contribution is 5.83. The fourth-order valence-electron chi connectivity index (χ4n) is 3.29. The third-order valence-electron chi connectivity index (χ3n) is 4.50. The summed E-state index contributed by atoms with van der Waals surface area (Å²) in [6.07, 6.45) is 4.67. The van der Waals surface area contributed by atoms with Crippen LogP contribution in [0.25, 0.3) is 0 Å². The highest BCUT2D eigenvalue weighted by Gasteiger charge is 2.67. The predicted molar refractivity (Wildman–Crippen MR) is 72.2 cm³/mol. The zero-order chi connectivity index (χ0) is 15.2. The van der Waals surface area contributed by atoms with Crippen LogP contribution in [0.3, 0.4) is 0 Å². The molecule has 0 radical (unpaired) electrons. The van der Waals surface area contributed by atoms with E-state index in [2.05, 4.69) is 0 Å². The molecule has 0 aromatic rings. The van der Waals surface area contributed by atoms with Gasteiger partial charge in [0.25, 0.3) is 0 Å². The molecule has 2 bridgehead atoms. The average Bonchev–Trinajstić information content (AvgIpc) is 2.43. The molecule has 2 aliphatic rings. The summed E-state index contributed by atoms with van der Waals surface area (Å²) in [5.74, 6) is -0.946. The van der Waals surface area contributed by atoms with Gasteiger partial charge in [-0.2, -0.15) is 0 Å². The Labute approximate surface area is 117 Å². The van der Waals surface area contributed by atoms with E-state index in [1.54, 1.807) is 26.0 Å². The predicted octanol–water partition coefficient (Wildman–Crippen LogP) is 1.46. The van der Waals surface area contributed by atoms with Gasteiger partial charge in [0.15, 0.2) is 0 Å². The van der Waals surface area contributed by atoms with Gasteiger partial charge in [0, 0.05) is 24.3 Å². The van der Waals surface area contributed by atoms with E-state index in [9.17, 15) is 14.7 Å². The molecule has 1 heterocycles. The van der Waals surface area contributed by atoms with E-state index < -0.39 is 22.6 Å². The number of carbonyl (C=O) groups excluding carboxylic acids is 1. The van der Waals surface area contributed by atoms with Crippen LogP contribution in [0, 0.1) is 5.41 Å². The molecular weight excluding hydrogens is 260 g/mol. The number of rotatable bonds is 3. The molecule has 1 aliphatic carbocycles. The second-order valence-corrected chi connectivity index (χ2v) is 6.30. The number of hydrogen-bond donors (Lipinski definition) is 2. The summed E-state index contributed by atoms with van der Waals surface area (Å²) >= 11 is 0. The van der Waals surface area contributed by atoms with Gasteiger partial charge >= 0.3 is 5.97 Å². The summed E-state index contributed by atoms with van der Waals surface area (Å²) in [4.78, 5) is 22.4. The number of ether oxygens (including phenoxy) is 1. The number of Topliss-reactive ketones (excluding diaryl/α,β-unsaturated/α-hetero) is 1. The Morgan fingerprint density at radius 1 is 1.35 bits per heavy atom. The van der Waals surface area contributed by atoms with Gasteiger partial charge in [0.1, 0.15) is 17.0 Å². The first-order valence-electron chi connectivity index (χ1n) is 6.60. The minimum absolute atomic E-state index is 0.0865. The summed E-state index contributed by atoms with van der Waals surface area (Å²) in [6.45, 7) is 5.53. The van der Waals surface area contributed by atoms with Crippen LogP contribution in [-0.2, 0) is 14.3 Å². The third kappa shape index (κ3) is 2.11. The Hall–Kier alpha value is -1.46. The fraction of sp³-hybridized carbons (Fsp3) is 0.600. The van der Waals surface area contributed by atoms with Crippen molar-refractivity contribution in [3.63, 3.8) is 0 Å². The first kappa shape index (κ1) is 14.9. The topological polar surface area (TPSA) is 83.8 Å². The molecule has 3 atom stereocenters. The van der Waals surface area contributed by atoms with Crippen molar-refractivity contribution in [1.82, 2.24) is 0 Å². The molecule has 0 amide bonds. The second kappa shape index (κ2) is 4.53. The number of carboxylic acids is 1. The van der Waals surface area contributed by atoms with E-state index in [0.29, 0.717) is 12.2 Å². The number of carboxylic acid groups (broad SMARTS) is 1. The van der Waals surface area contributed by atoms with Crippen molar-refractivity contribution in [3.8, 4) is 0 Å². The lowest BCUT2D eigenvalue weighted by Crippen LogP contribution is -2.60.